The van der Waals surface area contributed by atoms with E-state index in [9.17, 15) is 22.8 Å². The van der Waals surface area contributed by atoms with Gasteiger partial charge in [0.25, 0.3) is 11.8 Å². The second-order valence-corrected chi connectivity index (χ2v) is 8.04. The molecule has 0 saturated heterocycles. The van der Waals surface area contributed by atoms with E-state index in [1.54, 1.807) is 24.3 Å². The number of nitrogens with zero attached hydrogens (tertiary/aromatic N) is 3. The van der Waals surface area contributed by atoms with E-state index in [0.29, 0.717) is 17.1 Å². The Morgan fingerprint density at radius 2 is 1.62 bits per heavy atom. The van der Waals surface area contributed by atoms with Gasteiger partial charge in [0.1, 0.15) is 22.7 Å². The highest BCUT2D eigenvalue weighted by Crippen LogP contribution is 2.33. The Morgan fingerprint density at radius 3 is 2.30 bits per heavy atom. The van der Waals surface area contributed by atoms with Crippen LogP contribution in [0, 0.1) is 5.82 Å². The van der Waals surface area contributed by atoms with Crippen molar-refractivity contribution in [3.8, 4) is 5.69 Å². The van der Waals surface area contributed by atoms with E-state index in [1.807, 2.05) is 0 Å². The van der Waals surface area contributed by atoms with E-state index in [1.165, 1.54) is 18.2 Å². The molecule has 0 aliphatic rings. The predicted octanol–water partition coefficient (Wildman–Crippen LogP) is 4.67. The van der Waals surface area contributed by atoms with Crippen LogP contribution in [-0.4, -0.2) is 26.3 Å². The molecule has 0 saturated carbocycles. The molecule has 0 radical (unpaired) electrons. The molecule has 12 heteroatoms. The van der Waals surface area contributed by atoms with Crippen LogP contribution in [-0.2, 0) is 6.18 Å². The number of carbonyl (C=O) groups is 2. The molecule has 37 heavy (non-hydrogen) atoms. The number of hydrogen-bond acceptors (Lipinski definition) is 5. The van der Waals surface area contributed by atoms with E-state index in [4.69, 9.17) is 11.5 Å². The van der Waals surface area contributed by atoms with Crippen molar-refractivity contribution in [2.75, 3.05) is 11.1 Å². The van der Waals surface area contributed by atoms with Gasteiger partial charge in [-0.25, -0.2) is 14.4 Å². The number of nitrogen functional groups attached to an aromatic ring is 1. The van der Waals surface area contributed by atoms with Gasteiger partial charge in [-0.1, -0.05) is 18.2 Å². The lowest BCUT2D eigenvalue weighted by molar-refractivity contribution is -0.137. The van der Waals surface area contributed by atoms with Crippen LogP contribution in [0.15, 0.2) is 66.7 Å². The molecule has 0 fully saturated rings. The van der Waals surface area contributed by atoms with E-state index < -0.39 is 29.4 Å². The summed E-state index contributed by atoms with van der Waals surface area (Å²) in [5, 5.41) is 2.45. The third-order valence-electron chi connectivity index (χ3n) is 5.64. The monoisotopic (exact) mass is 508 g/mol. The molecule has 0 aliphatic carbocycles. The van der Waals surface area contributed by atoms with Crippen LogP contribution in [0.4, 0.5) is 29.1 Å². The van der Waals surface area contributed by atoms with Gasteiger partial charge in [0, 0.05) is 11.3 Å². The fourth-order valence-electron chi connectivity index (χ4n) is 3.95. The first-order valence-electron chi connectivity index (χ1n) is 10.7. The first-order chi connectivity index (χ1) is 17.5. The average Bonchev–Trinajstić information content (AvgIpc) is 3.14. The first-order valence-corrected chi connectivity index (χ1v) is 10.7. The van der Waals surface area contributed by atoms with Gasteiger partial charge < -0.3 is 16.8 Å². The maximum absolute atomic E-state index is 15.1. The summed E-state index contributed by atoms with van der Waals surface area (Å²) in [7, 11) is 0. The Hall–Kier alpha value is -5.00. The number of nitrogens with one attached hydrogen (secondary N) is 1. The summed E-state index contributed by atoms with van der Waals surface area (Å²) in [6.45, 7) is 0. The Bertz CT molecular complexity index is 1730. The van der Waals surface area contributed by atoms with Gasteiger partial charge in [-0.05, 0) is 48.5 Å². The Balaban J connectivity index is 1.62. The number of hydrogen-bond donors (Lipinski definition) is 3. The van der Waals surface area contributed by atoms with Crippen LogP contribution in [0.5, 0.6) is 0 Å². The molecule has 5 aromatic rings. The SMILES string of the molecule is NC(=O)c1c(N)n(-c2cc(NC(=O)c3cccc(C(F)(F)F)c3)ccc2F)c2nc3ccccc3nc12. The molecular formula is C25H16F4N6O2. The number of nitrogens with two attached hydrogens (primary N) is 2. The standard InChI is InChI=1S/C25H16F4N6O2/c26-15-9-8-14(32-24(37)12-4-3-5-13(10-12)25(27,28)29)11-18(15)35-21(30)19(22(31)36)20-23(35)34-17-7-2-1-6-16(17)33-20/h1-11H,30H2,(H2,31,36)(H,32,37). The lowest BCUT2D eigenvalue weighted by Gasteiger charge is -2.13. The van der Waals surface area contributed by atoms with Gasteiger partial charge in [-0.15, -0.1) is 0 Å². The van der Waals surface area contributed by atoms with Crippen molar-refractivity contribution in [2.24, 2.45) is 5.73 Å². The van der Waals surface area contributed by atoms with E-state index in [-0.39, 0.29) is 39.5 Å². The zero-order valence-corrected chi connectivity index (χ0v) is 18.7. The maximum Gasteiger partial charge on any atom is 0.416 e. The van der Waals surface area contributed by atoms with Crippen molar-refractivity contribution in [1.82, 2.24) is 14.5 Å². The molecule has 0 aliphatic heterocycles. The molecule has 2 heterocycles. The van der Waals surface area contributed by atoms with Crippen molar-refractivity contribution in [3.05, 3.63) is 89.2 Å². The minimum atomic E-state index is -4.63. The molecule has 2 amide bonds. The topological polar surface area (TPSA) is 129 Å². The van der Waals surface area contributed by atoms with Crippen molar-refractivity contribution < 1.29 is 27.2 Å². The summed E-state index contributed by atoms with van der Waals surface area (Å²) in [5.74, 6) is -2.76. The van der Waals surface area contributed by atoms with E-state index in [0.717, 1.165) is 22.8 Å². The van der Waals surface area contributed by atoms with Crippen molar-refractivity contribution in [3.63, 3.8) is 0 Å². The number of rotatable bonds is 4. The predicted molar refractivity (Wildman–Crippen MR) is 129 cm³/mol. The summed E-state index contributed by atoms with van der Waals surface area (Å²) in [5.41, 5.74) is 11.2. The summed E-state index contributed by atoms with van der Waals surface area (Å²) in [6, 6.07) is 14.1. The van der Waals surface area contributed by atoms with Crippen LogP contribution in [0.1, 0.15) is 26.3 Å². The van der Waals surface area contributed by atoms with Gasteiger partial charge >= 0.3 is 6.18 Å². The van der Waals surface area contributed by atoms with E-state index in [2.05, 4.69) is 15.3 Å². The van der Waals surface area contributed by atoms with Gasteiger partial charge in [0.15, 0.2) is 5.65 Å². The zero-order valence-electron chi connectivity index (χ0n) is 18.7. The lowest BCUT2D eigenvalue weighted by atomic mass is 10.1. The van der Waals surface area contributed by atoms with Gasteiger partial charge in [0.05, 0.1) is 22.3 Å². The smallest absolute Gasteiger partial charge is 0.384 e. The Kier molecular flexibility index (Phi) is 5.51. The largest absolute Gasteiger partial charge is 0.416 e. The number of para-hydroxylation sites is 2. The van der Waals surface area contributed by atoms with Crippen LogP contribution in [0.3, 0.4) is 0 Å². The highest BCUT2D eigenvalue weighted by molar-refractivity contribution is 6.10. The number of carbonyl (C=O) groups excluding carboxylic acids is 2. The fraction of sp³-hybridized carbons (Fsp3) is 0.0400. The average molecular weight is 508 g/mol. The maximum atomic E-state index is 15.1. The Morgan fingerprint density at radius 1 is 0.919 bits per heavy atom. The quantitative estimate of drug-likeness (QED) is 0.304. The number of anilines is 2. The molecule has 3 aromatic carbocycles. The molecule has 2 aromatic heterocycles. The molecular weight excluding hydrogens is 492 g/mol. The van der Waals surface area contributed by atoms with Crippen molar-refractivity contribution >= 4 is 45.5 Å². The zero-order chi connectivity index (χ0) is 26.5. The molecule has 5 N–H and O–H groups in total. The minimum Gasteiger partial charge on any atom is -0.384 e. The highest BCUT2D eigenvalue weighted by Gasteiger charge is 2.31. The summed E-state index contributed by atoms with van der Waals surface area (Å²) in [4.78, 5) is 33.8. The number of amides is 2. The molecule has 5 rings (SSSR count). The number of aromatic nitrogens is 3. The lowest BCUT2D eigenvalue weighted by Crippen LogP contribution is -2.15. The highest BCUT2D eigenvalue weighted by atomic mass is 19.4. The molecule has 0 bridgehead atoms. The summed E-state index contributed by atoms with van der Waals surface area (Å²) in [6.07, 6.45) is -4.63. The second kappa shape index (κ2) is 8.59. The third-order valence-corrected chi connectivity index (χ3v) is 5.64. The fourth-order valence-corrected chi connectivity index (χ4v) is 3.95. The van der Waals surface area contributed by atoms with Crippen LogP contribution >= 0.6 is 0 Å². The summed E-state index contributed by atoms with van der Waals surface area (Å²) >= 11 is 0. The van der Waals surface area contributed by atoms with Gasteiger partial charge in [-0.2, -0.15) is 13.2 Å². The normalized spacial score (nSPS) is 11.7. The van der Waals surface area contributed by atoms with Gasteiger partial charge in [0.2, 0.25) is 0 Å². The molecule has 0 unspecified atom stereocenters. The number of halogens is 4. The van der Waals surface area contributed by atoms with E-state index >= 15 is 4.39 Å². The summed E-state index contributed by atoms with van der Waals surface area (Å²) < 4.78 is 55.3. The molecule has 8 nitrogen and oxygen atoms in total. The number of fused-ring (bicyclic) bond motifs is 2. The van der Waals surface area contributed by atoms with Crippen molar-refractivity contribution in [1.29, 1.82) is 0 Å². The van der Waals surface area contributed by atoms with Crippen LogP contribution in [0.25, 0.3) is 27.9 Å². The molecule has 186 valence electrons. The third kappa shape index (κ3) is 4.18. The number of alkyl halides is 3. The number of benzene rings is 3. The Labute approximate surface area is 205 Å². The van der Waals surface area contributed by atoms with Crippen LogP contribution in [0.2, 0.25) is 0 Å². The molecule has 0 atom stereocenters. The van der Waals surface area contributed by atoms with Gasteiger partial charge in [-0.3, -0.25) is 14.2 Å². The van der Waals surface area contributed by atoms with Crippen molar-refractivity contribution in [2.45, 2.75) is 6.18 Å². The number of primary amides is 1. The minimum absolute atomic E-state index is 0.0465. The molecule has 0 spiro atoms. The van der Waals surface area contributed by atoms with Crippen LogP contribution < -0.4 is 16.8 Å². The first kappa shape index (κ1) is 23.7. The second-order valence-electron chi connectivity index (χ2n) is 8.04.